The Morgan fingerprint density at radius 1 is 0.431 bits per heavy atom. The number of hydrogen-bond acceptors (Lipinski definition) is 5. The van der Waals surface area contributed by atoms with E-state index >= 15 is 0 Å². The second kappa shape index (κ2) is 31.3. The lowest BCUT2D eigenvalue weighted by Crippen LogP contribution is -2.62. The van der Waals surface area contributed by atoms with E-state index in [9.17, 15) is 9.59 Å². The molecule has 0 bridgehead atoms. The summed E-state index contributed by atoms with van der Waals surface area (Å²) in [6.07, 6.45) is 43.2. The Bertz CT molecular complexity index is 806. The molecular weight excluding hydrogens is 631 g/mol. The van der Waals surface area contributed by atoms with Crippen molar-refractivity contribution in [3.05, 3.63) is 0 Å². The number of hydroxylamine groups is 2. The van der Waals surface area contributed by atoms with Crippen LogP contribution in [-0.2, 0) is 19.2 Å². The number of ether oxygens (including phenoxy) is 1. The maximum atomic E-state index is 12.9. The molecule has 0 aromatic heterocycles. The number of nitrogens with zero attached hydrogens (tertiary/aromatic N) is 1. The summed E-state index contributed by atoms with van der Waals surface area (Å²) in [6, 6.07) is 0. The van der Waals surface area contributed by atoms with Crippen LogP contribution in [0.15, 0.2) is 0 Å². The third kappa shape index (κ3) is 26.3. The molecule has 0 amide bonds. The van der Waals surface area contributed by atoms with Gasteiger partial charge in [0.25, 0.3) is 0 Å². The van der Waals surface area contributed by atoms with Gasteiger partial charge in [-0.25, -0.2) is 0 Å². The molecule has 51 heavy (non-hydrogen) atoms. The molecule has 1 heterocycles. The highest BCUT2D eigenvalue weighted by Gasteiger charge is 2.49. The highest BCUT2D eigenvalue weighted by Crippen LogP contribution is 2.40. The molecule has 5 heteroatoms. The lowest BCUT2D eigenvalue weighted by atomic mass is 9.80. The molecule has 0 unspecified atom stereocenters. The van der Waals surface area contributed by atoms with E-state index in [1.54, 1.807) is 0 Å². The first-order valence-electron chi connectivity index (χ1n) is 22.8. The molecule has 0 aromatic rings. The third-order valence-corrected chi connectivity index (χ3v) is 11.3. The fourth-order valence-corrected chi connectivity index (χ4v) is 8.35. The van der Waals surface area contributed by atoms with Crippen LogP contribution in [-0.4, -0.2) is 34.2 Å². The van der Waals surface area contributed by atoms with E-state index < -0.39 is 11.1 Å². The lowest BCUT2D eigenvalue weighted by molar-refractivity contribution is -0.277. The number of rotatable bonds is 35. The molecule has 1 aliphatic rings. The zero-order chi connectivity index (χ0) is 37.5. The van der Waals surface area contributed by atoms with Gasteiger partial charge in [-0.3, -0.25) is 9.59 Å². The maximum Gasteiger partial charge on any atom is 0.325 e. The second-order valence-corrected chi connectivity index (χ2v) is 17.7. The molecule has 1 aliphatic heterocycles. The van der Waals surface area contributed by atoms with Gasteiger partial charge in [-0.05, 0) is 40.5 Å². The van der Waals surface area contributed by atoms with Gasteiger partial charge in [-0.2, -0.15) is 0 Å². The van der Waals surface area contributed by atoms with Crippen molar-refractivity contribution in [2.75, 3.05) is 0 Å². The molecule has 0 aromatic carbocycles. The monoisotopic (exact) mass is 720 g/mol. The van der Waals surface area contributed by atoms with Gasteiger partial charge in [0.15, 0.2) is 0 Å². The van der Waals surface area contributed by atoms with Gasteiger partial charge < -0.3 is 9.57 Å². The van der Waals surface area contributed by atoms with Gasteiger partial charge in [-0.1, -0.05) is 200 Å². The minimum Gasteiger partial charge on any atom is -0.462 e. The minimum absolute atomic E-state index is 0.0735. The van der Waals surface area contributed by atoms with Gasteiger partial charge >= 0.3 is 11.9 Å². The zero-order valence-electron chi connectivity index (χ0n) is 35.4. The van der Waals surface area contributed by atoms with Gasteiger partial charge in [-0.15, -0.1) is 5.06 Å². The number of unbranched alkanes of at least 4 members (excludes halogenated alkanes) is 29. The third-order valence-electron chi connectivity index (χ3n) is 11.3. The summed E-state index contributed by atoms with van der Waals surface area (Å²) in [5, 5.41) is 1.90. The van der Waals surface area contributed by atoms with Crippen LogP contribution in [0.1, 0.15) is 266 Å². The first-order chi connectivity index (χ1) is 24.6. The summed E-state index contributed by atoms with van der Waals surface area (Å²) in [5.41, 5.74) is -0.794. The molecule has 0 radical (unpaired) electrons. The zero-order valence-corrected chi connectivity index (χ0v) is 35.4. The molecule has 0 aliphatic carbocycles. The number of piperidine rings is 1. The van der Waals surface area contributed by atoms with Crippen molar-refractivity contribution < 1.29 is 19.2 Å². The summed E-state index contributed by atoms with van der Waals surface area (Å²) < 4.78 is 5.99. The summed E-state index contributed by atoms with van der Waals surface area (Å²) in [5.74, 6) is -0.208. The van der Waals surface area contributed by atoms with Gasteiger partial charge in [0.05, 0.1) is 11.1 Å². The second-order valence-electron chi connectivity index (χ2n) is 17.7. The van der Waals surface area contributed by atoms with Crippen LogP contribution in [0.25, 0.3) is 0 Å². The molecule has 0 atom stereocenters. The first-order valence-corrected chi connectivity index (χ1v) is 22.8. The Balaban J connectivity index is 2.09. The van der Waals surface area contributed by atoms with Crippen LogP contribution in [0.5, 0.6) is 0 Å². The summed E-state index contributed by atoms with van der Waals surface area (Å²) in [6.45, 7) is 13.0. The van der Waals surface area contributed by atoms with Crippen LogP contribution in [0, 0.1) is 0 Å². The van der Waals surface area contributed by atoms with Gasteiger partial charge in [0.1, 0.15) is 6.10 Å². The molecule has 0 saturated carbocycles. The molecule has 1 fully saturated rings. The van der Waals surface area contributed by atoms with Crippen molar-refractivity contribution in [3.63, 3.8) is 0 Å². The van der Waals surface area contributed by atoms with E-state index in [1.165, 1.54) is 173 Å². The molecule has 0 N–H and O–H groups in total. The number of carbonyl (C=O) groups is 2. The van der Waals surface area contributed by atoms with Crippen LogP contribution < -0.4 is 0 Å². The summed E-state index contributed by atoms with van der Waals surface area (Å²) >= 11 is 0. The normalized spacial score (nSPS) is 16.0. The molecule has 5 nitrogen and oxygen atoms in total. The van der Waals surface area contributed by atoms with Crippen molar-refractivity contribution >= 4 is 11.9 Å². The fourth-order valence-electron chi connectivity index (χ4n) is 8.35. The molecule has 302 valence electrons. The summed E-state index contributed by atoms with van der Waals surface area (Å²) in [7, 11) is 0. The highest BCUT2D eigenvalue weighted by molar-refractivity contribution is 5.70. The minimum atomic E-state index is -0.397. The van der Waals surface area contributed by atoms with Crippen LogP contribution in [0.4, 0.5) is 0 Å². The number of carbonyl (C=O) groups excluding carboxylic acids is 2. The van der Waals surface area contributed by atoms with E-state index in [-0.39, 0.29) is 18.0 Å². The van der Waals surface area contributed by atoms with Gasteiger partial charge in [0.2, 0.25) is 0 Å². The lowest BCUT2D eigenvalue weighted by Gasteiger charge is -2.52. The van der Waals surface area contributed by atoms with E-state index in [0.717, 1.165) is 25.7 Å². The van der Waals surface area contributed by atoms with Crippen molar-refractivity contribution in [2.45, 2.75) is 283 Å². The molecule has 1 rings (SSSR count). The van der Waals surface area contributed by atoms with Crippen molar-refractivity contribution in [1.29, 1.82) is 0 Å². The molecule has 0 spiro atoms. The topological polar surface area (TPSA) is 55.8 Å². The van der Waals surface area contributed by atoms with Crippen molar-refractivity contribution in [3.8, 4) is 0 Å². The molecular formula is C46H89NO4. The quantitative estimate of drug-likeness (QED) is 0.0482. The Hall–Kier alpha value is -1.10. The Labute approximate surface area is 318 Å². The first kappa shape index (κ1) is 47.9. The van der Waals surface area contributed by atoms with E-state index in [0.29, 0.717) is 25.7 Å². The van der Waals surface area contributed by atoms with Crippen molar-refractivity contribution in [1.82, 2.24) is 5.06 Å². The van der Waals surface area contributed by atoms with E-state index in [1.807, 2.05) is 5.06 Å². The predicted molar refractivity (Wildman–Crippen MR) is 219 cm³/mol. The van der Waals surface area contributed by atoms with Crippen molar-refractivity contribution in [2.24, 2.45) is 0 Å². The Morgan fingerprint density at radius 2 is 0.686 bits per heavy atom. The fraction of sp³-hybridized carbons (Fsp3) is 0.957. The standard InChI is InChI=1S/C46H89NO4/c1-7-9-11-13-15-17-19-21-23-25-26-28-30-32-34-36-38-43(48)50-42-40-45(3,4)47(46(5,6)41-42)51-44(49)39-37-35-33-31-29-27-24-22-20-18-16-14-12-10-8-2/h42H,7-41H2,1-6H3. The highest BCUT2D eigenvalue weighted by atomic mass is 16.7. The van der Waals surface area contributed by atoms with Crippen LogP contribution in [0.2, 0.25) is 0 Å². The van der Waals surface area contributed by atoms with Gasteiger partial charge in [0, 0.05) is 25.7 Å². The summed E-state index contributed by atoms with van der Waals surface area (Å²) in [4.78, 5) is 31.6. The number of hydrogen-bond donors (Lipinski definition) is 0. The van der Waals surface area contributed by atoms with Crippen LogP contribution in [0.3, 0.4) is 0 Å². The average molecular weight is 720 g/mol. The number of esters is 1. The average Bonchev–Trinajstić information content (AvgIpc) is 3.07. The predicted octanol–water partition coefficient (Wildman–Crippen LogP) is 14.9. The maximum absolute atomic E-state index is 12.9. The Kier molecular flexibility index (Phi) is 29.4. The van der Waals surface area contributed by atoms with Crippen LogP contribution >= 0.6 is 0 Å². The smallest absolute Gasteiger partial charge is 0.325 e. The largest absolute Gasteiger partial charge is 0.462 e. The molecule has 1 saturated heterocycles. The SMILES string of the molecule is CCCCCCCCCCCCCCCCCCC(=O)OC1CC(C)(C)N(OC(=O)CCCCCCCCCCCCCCCCC)C(C)(C)C1. The van der Waals surface area contributed by atoms with E-state index in [2.05, 4.69) is 41.5 Å². The Morgan fingerprint density at radius 3 is 0.980 bits per heavy atom. The van der Waals surface area contributed by atoms with E-state index in [4.69, 9.17) is 9.57 Å².